The van der Waals surface area contributed by atoms with Crippen LogP contribution >= 0.6 is 0 Å². The Kier molecular flexibility index (Phi) is 6.08. The van der Waals surface area contributed by atoms with E-state index < -0.39 is 8.32 Å². The quantitative estimate of drug-likeness (QED) is 0.561. The molecule has 1 rings (SSSR count). The fraction of sp³-hybridized carbons (Fsp3) is 0.500. The van der Waals surface area contributed by atoms with Crippen LogP contribution in [0.25, 0.3) is 0 Å². The highest BCUT2D eigenvalue weighted by Gasteiger charge is 2.19. The zero-order valence-corrected chi connectivity index (χ0v) is 12.4. The van der Waals surface area contributed by atoms with E-state index in [1.165, 1.54) is 0 Å². The normalized spacial score (nSPS) is 11.3. The van der Waals surface area contributed by atoms with Gasteiger partial charge in [0.2, 0.25) is 8.32 Å². The zero-order chi connectivity index (χ0) is 13.4. The standard InChI is InChI=1S/C14H22O3Si/c1-18(2,3)17-14(15)10-7-11-16-12-13-8-5-4-6-9-13/h4-6,8-9H,7,10-12H2,1-3H3. The van der Waals surface area contributed by atoms with E-state index in [-0.39, 0.29) is 5.97 Å². The average molecular weight is 266 g/mol. The number of benzene rings is 1. The van der Waals surface area contributed by atoms with Crippen molar-refractivity contribution in [3.8, 4) is 0 Å². The predicted molar refractivity (Wildman–Crippen MR) is 74.8 cm³/mol. The van der Waals surface area contributed by atoms with Crippen molar-refractivity contribution >= 4 is 14.3 Å². The number of carbonyl (C=O) groups excluding carboxylic acids is 1. The molecule has 0 N–H and O–H groups in total. The van der Waals surface area contributed by atoms with Gasteiger partial charge in [0.05, 0.1) is 6.61 Å². The molecule has 18 heavy (non-hydrogen) atoms. The van der Waals surface area contributed by atoms with E-state index in [1.54, 1.807) is 0 Å². The number of carbonyl (C=O) groups is 1. The lowest BCUT2D eigenvalue weighted by Gasteiger charge is -2.17. The Morgan fingerprint density at radius 3 is 2.44 bits per heavy atom. The van der Waals surface area contributed by atoms with Crippen molar-refractivity contribution in [2.24, 2.45) is 0 Å². The molecule has 0 aliphatic carbocycles. The topological polar surface area (TPSA) is 35.5 Å². The van der Waals surface area contributed by atoms with Crippen LogP contribution in [-0.4, -0.2) is 20.9 Å². The summed E-state index contributed by atoms with van der Waals surface area (Å²) in [6.07, 6.45) is 1.16. The third kappa shape index (κ3) is 7.24. The van der Waals surface area contributed by atoms with Crippen molar-refractivity contribution in [3.63, 3.8) is 0 Å². The van der Waals surface area contributed by atoms with Gasteiger partial charge in [-0.15, -0.1) is 0 Å². The molecule has 0 saturated heterocycles. The molecule has 0 saturated carbocycles. The molecule has 4 heteroatoms. The highest BCUT2D eigenvalue weighted by Crippen LogP contribution is 2.06. The third-order valence-electron chi connectivity index (χ3n) is 2.20. The molecule has 0 spiro atoms. The molecule has 0 atom stereocenters. The lowest BCUT2D eigenvalue weighted by Crippen LogP contribution is -2.29. The van der Waals surface area contributed by atoms with Crippen LogP contribution in [0.15, 0.2) is 30.3 Å². The Hall–Kier alpha value is -1.13. The molecule has 1 aromatic carbocycles. The third-order valence-corrected chi connectivity index (χ3v) is 3.04. The molecule has 0 aliphatic rings. The van der Waals surface area contributed by atoms with E-state index >= 15 is 0 Å². The Labute approximate surface area is 110 Å². The molecule has 0 fully saturated rings. The summed E-state index contributed by atoms with van der Waals surface area (Å²) in [5.41, 5.74) is 1.15. The minimum Gasteiger partial charge on any atom is -0.520 e. The highest BCUT2D eigenvalue weighted by atomic mass is 28.4. The molecular weight excluding hydrogens is 244 g/mol. The molecule has 0 bridgehead atoms. The molecule has 0 heterocycles. The second kappa shape index (κ2) is 7.33. The maximum absolute atomic E-state index is 11.4. The molecule has 0 radical (unpaired) electrons. The van der Waals surface area contributed by atoms with Gasteiger partial charge in [0.1, 0.15) is 0 Å². The van der Waals surface area contributed by atoms with Gasteiger partial charge in [-0.05, 0) is 31.6 Å². The Morgan fingerprint density at radius 1 is 1.17 bits per heavy atom. The molecule has 1 aromatic rings. The van der Waals surface area contributed by atoms with E-state index in [1.807, 2.05) is 50.0 Å². The van der Waals surface area contributed by atoms with Crippen LogP contribution in [-0.2, 0) is 20.6 Å². The Balaban J connectivity index is 2.07. The second-order valence-corrected chi connectivity index (χ2v) is 9.66. The van der Waals surface area contributed by atoms with Crippen LogP contribution in [0.4, 0.5) is 0 Å². The summed E-state index contributed by atoms with van der Waals surface area (Å²) < 4.78 is 10.9. The predicted octanol–water partition coefficient (Wildman–Crippen LogP) is 3.36. The van der Waals surface area contributed by atoms with Gasteiger partial charge in [-0.1, -0.05) is 30.3 Å². The first-order valence-electron chi connectivity index (χ1n) is 6.31. The van der Waals surface area contributed by atoms with E-state index in [2.05, 4.69) is 0 Å². The SMILES string of the molecule is C[Si](C)(C)OC(=O)CCCOCc1ccccc1. The van der Waals surface area contributed by atoms with Crippen molar-refractivity contribution in [3.05, 3.63) is 35.9 Å². The number of rotatable bonds is 7. The summed E-state index contributed by atoms with van der Waals surface area (Å²) in [6, 6.07) is 10.0. The van der Waals surface area contributed by atoms with Gasteiger partial charge in [-0.3, -0.25) is 4.79 Å². The zero-order valence-electron chi connectivity index (χ0n) is 11.4. The van der Waals surface area contributed by atoms with E-state index in [4.69, 9.17) is 9.16 Å². The monoisotopic (exact) mass is 266 g/mol. The molecule has 0 aromatic heterocycles. The summed E-state index contributed by atoms with van der Waals surface area (Å²) >= 11 is 0. The lowest BCUT2D eigenvalue weighted by atomic mass is 10.2. The summed E-state index contributed by atoms with van der Waals surface area (Å²) in [6.45, 7) is 7.23. The molecule has 3 nitrogen and oxygen atoms in total. The van der Waals surface area contributed by atoms with Gasteiger partial charge in [0, 0.05) is 13.0 Å². The largest absolute Gasteiger partial charge is 0.520 e. The average Bonchev–Trinajstić information content (AvgIpc) is 2.27. The first kappa shape index (κ1) is 14.9. The van der Waals surface area contributed by atoms with Gasteiger partial charge >= 0.3 is 0 Å². The van der Waals surface area contributed by atoms with Gasteiger partial charge < -0.3 is 9.16 Å². The van der Waals surface area contributed by atoms with Crippen LogP contribution in [0.1, 0.15) is 18.4 Å². The first-order valence-corrected chi connectivity index (χ1v) is 9.72. The van der Waals surface area contributed by atoms with Gasteiger partial charge in [0.25, 0.3) is 5.97 Å². The first-order chi connectivity index (χ1) is 8.47. The smallest absolute Gasteiger partial charge is 0.292 e. The summed E-state index contributed by atoms with van der Waals surface area (Å²) in [5.74, 6) is -0.0996. The van der Waals surface area contributed by atoms with Crippen LogP contribution in [0.3, 0.4) is 0 Å². The number of ether oxygens (including phenoxy) is 1. The summed E-state index contributed by atoms with van der Waals surface area (Å²) in [4.78, 5) is 11.4. The number of hydrogen-bond donors (Lipinski definition) is 0. The van der Waals surface area contributed by atoms with Crippen molar-refractivity contribution < 1.29 is 14.0 Å². The molecule has 0 unspecified atom stereocenters. The van der Waals surface area contributed by atoms with Crippen molar-refractivity contribution in [2.75, 3.05) is 6.61 Å². The van der Waals surface area contributed by atoms with Gasteiger partial charge in [0.15, 0.2) is 0 Å². The minimum absolute atomic E-state index is 0.0996. The van der Waals surface area contributed by atoms with Crippen LogP contribution < -0.4 is 0 Å². The fourth-order valence-corrected chi connectivity index (χ4v) is 2.26. The van der Waals surface area contributed by atoms with Crippen molar-refractivity contribution in [2.45, 2.75) is 39.1 Å². The molecule has 100 valence electrons. The summed E-state index contributed by atoms with van der Waals surface area (Å²) in [5, 5.41) is 0. The minimum atomic E-state index is -1.73. The maximum Gasteiger partial charge on any atom is 0.292 e. The molecular formula is C14H22O3Si. The van der Waals surface area contributed by atoms with Crippen LogP contribution in [0.5, 0.6) is 0 Å². The second-order valence-electron chi connectivity index (χ2n) is 5.23. The fourth-order valence-electron chi connectivity index (χ4n) is 1.48. The molecule has 0 aliphatic heterocycles. The molecule has 0 amide bonds. The van der Waals surface area contributed by atoms with Gasteiger partial charge in [-0.25, -0.2) is 0 Å². The maximum atomic E-state index is 11.4. The van der Waals surface area contributed by atoms with Crippen LogP contribution in [0, 0.1) is 0 Å². The number of hydrogen-bond acceptors (Lipinski definition) is 3. The van der Waals surface area contributed by atoms with Crippen molar-refractivity contribution in [1.29, 1.82) is 0 Å². The highest BCUT2D eigenvalue weighted by molar-refractivity contribution is 6.71. The van der Waals surface area contributed by atoms with Crippen molar-refractivity contribution in [1.82, 2.24) is 0 Å². The Morgan fingerprint density at radius 2 is 1.83 bits per heavy atom. The lowest BCUT2D eigenvalue weighted by molar-refractivity contribution is -0.135. The summed E-state index contributed by atoms with van der Waals surface area (Å²) in [7, 11) is -1.73. The Bertz CT molecular complexity index is 357. The van der Waals surface area contributed by atoms with E-state index in [0.717, 1.165) is 12.0 Å². The van der Waals surface area contributed by atoms with E-state index in [0.29, 0.717) is 19.6 Å². The van der Waals surface area contributed by atoms with Crippen LogP contribution in [0.2, 0.25) is 19.6 Å². The van der Waals surface area contributed by atoms with Gasteiger partial charge in [-0.2, -0.15) is 0 Å². The van der Waals surface area contributed by atoms with E-state index in [9.17, 15) is 4.79 Å².